The molecule has 2 aromatic carbocycles. The maximum absolute atomic E-state index is 14.0. The molecule has 3 heterocycles. The Balaban J connectivity index is 1.34. The fourth-order valence-electron chi connectivity index (χ4n) is 4.59. The van der Waals surface area contributed by atoms with Gasteiger partial charge in [0.1, 0.15) is 5.82 Å². The zero-order valence-electron chi connectivity index (χ0n) is 18.5. The van der Waals surface area contributed by atoms with Gasteiger partial charge in [0.05, 0.1) is 6.04 Å². The molecule has 2 atom stereocenters. The van der Waals surface area contributed by atoms with Crippen LogP contribution in [-0.2, 0) is 0 Å². The molecule has 184 valence electrons. The van der Waals surface area contributed by atoms with Crippen molar-refractivity contribution in [2.75, 3.05) is 36.4 Å². The number of anilines is 2. The Morgan fingerprint density at radius 3 is 2.34 bits per heavy atom. The van der Waals surface area contributed by atoms with Crippen LogP contribution in [0.3, 0.4) is 0 Å². The third kappa shape index (κ3) is 4.92. The molecule has 5 rings (SSSR count). The molecule has 2 aliphatic rings. The molecule has 0 spiro atoms. The van der Waals surface area contributed by atoms with E-state index < -0.39 is 18.3 Å². The number of halogens is 5. The Morgan fingerprint density at radius 2 is 1.69 bits per heavy atom. The van der Waals surface area contributed by atoms with E-state index >= 15 is 0 Å². The Kier molecular flexibility index (Phi) is 6.31. The van der Waals surface area contributed by atoms with E-state index in [1.807, 2.05) is 18.2 Å². The minimum absolute atomic E-state index is 0.00490. The van der Waals surface area contributed by atoms with E-state index in [1.54, 1.807) is 35.2 Å². The average Bonchev–Trinajstić information content (AvgIpc) is 3.27. The minimum Gasteiger partial charge on any atom is -0.368 e. The fraction of sp³-hybridized carbons (Fsp3) is 0.333. The lowest BCUT2D eigenvalue weighted by Gasteiger charge is -2.35. The second-order valence-corrected chi connectivity index (χ2v) is 9.53. The van der Waals surface area contributed by atoms with Gasteiger partial charge in [-0.3, -0.25) is 4.79 Å². The van der Waals surface area contributed by atoms with Crippen molar-refractivity contribution in [3.05, 3.63) is 75.9 Å². The smallest absolute Gasteiger partial charge is 0.368 e. The lowest BCUT2D eigenvalue weighted by molar-refractivity contribution is -0.173. The van der Waals surface area contributed by atoms with Crippen molar-refractivity contribution < 1.29 is 18.0 Å². The predicted octanol–water partition coefficient (Wildman–Crippen LogP) is 5.81. The summed E-state index contributed by atoms with van der Waals surface area (Å²) in [4.78, 5) is 16.9. The van der Waals surface area contributed by atoms with Gasteiger partial charge in [-0.1, -0.05) is 41.4 Å². The Morgan fingerprint density at radius 1 is 0.971 bits per heavy atom. The lowest BCUT2D eigenvalue weighted by atomic mass is 9.97. The van der Waals surface area contributed by atoms with E-state index in [-0.39, 0.29) is 23.8 Å². The topological polar surface area (TPSA) is 53.4 Å². The molecule has 0 saturated carbocycles. The standard InChI is InChI=1S/C24H22Cl2F3N5O/c25-16-6-4-15(5-7-16)19-13-21(24(27,28)29)34-22(30-19)14-20(31-34)23(35)33-10-8-32(9-11-33)18-3-1-2-17(26)12-18/h1-7,12,14,19,21,30H,8-11,13H2/t19-,21-/m0/s1. The van der Waals surface area contributed by atoms with Gasteiger partial charge < -0.3 is 15.1 Å². The summed E-state index contributed by atoms with van der Waals surface area (Å²) in [5, 5.41) is 8.35. The number of carbonyl (C=O) groups is 1. The summed E-state index contributed by atoms with van der Waals surface area (Å²) in [7, 11) is 0. The van der Waals surface area contributed by atoms with Crippen LogP contribution in [0.2, 0.25) is 10.0 Å². The van der Waals surface area contributed by atoms with Crippen molar-refractivity contribution in [2.45, 2.75) is 24.7 Å². The van der Waals surface area contributed by atoms with E-state index in [2.05, 4.69) is 15.3 Å². The first-order chi connectivity index (χ1) is 16.7. The molecule has 3 aromatic rings. The van der Waals surface area contributed by atoms with Crippen molar-refractivity contribution in [3.8, 4) is 0 Å². The molecule has 1 saturated heterocycles. The van der Waals surface area contributed by atoms with E-state index in [4.69, 9.17) is 23.2 Å². The Bertz CT molecular complexity index is 1220. The summed E-state index contributed by atoms with van der Waals surface area (Å²) in [6.07, 6.45) is -4.76. The number of carbonyl (C=O) groups excluding carboxylic acids is 1. The highest BCUT2D eigenvalue weighted by Gasteiger charge is 2.47. The molecule has 1 fully saturated rings. The summed E-state index contributed by atoms with van der Waals surface area (Å²) in [5.41, 5.74) is 1.64. The summed E-state index contributed by atoms with van der Waals surface area (Å²) < 4.78 is 42.7. The molecule has 2 aliphatic heterocycles. The second kappa shape index (κ2) is 9.28. The van der Waals surface area contributed by atoms with Gasteiger partial charge in [-0.05, 0) is 35.9 Å². The van der Waals surface area contributed by atoms with E-state index in [0.717, 1.165) is 10.4 Å². The molecule has 0 bridgehead atoms. The first-order valence-electron chi connectivity index (χ1n) is 11.2. The van der Waals surface area contributed by atoms with Crippen molar-refractivity contribution >= 4 is 40.6 Å². The first kappa shape index (κ1) is 23.8. The van der Waals surface area contributed by atoms with Gasteiger partial charge in [0.25, 0.3) is 5.91 Å². The summed E-state index contributed by atoms with van der Waals surface area (Å²) in [6, 6.07) is 13.1. The van der Waals surface area contributed by atoms with Gasteiger partial charge in [0.2, 0.25) is 0 Å². The van der Waals surface area contributed by atoms with E-state index in [9.17, 15) is 18.0 Å². The van der Waals surface area contributed by atoms with E-state index in [1.165, 1.54) is 6.07 Å². The highest BCUT2D eigenvalue weighted by Crippen LogP contribution is 2.43. The van der Waals surface area contributed by atoms with Gasteiger partial charge in [-0.15, -0.1) is 0 Å². The number of nitrogens with zero attached hydrogens (tertiary/aromatic N) is 4. The number of piperazine rings is 1. The number of alkyl halides is 3. The zero-order chi connectivity index (χ0) is 24.7. The van der Waals surface area contributed by atoms with Crippen molar-refractivity contribution in [3.63, 3.8) is 0 Å². The quantitative estimate of drug-likeness (QED) is 0.470. The maximum atomic E-state index is 14.0. The van der Waals surface area contributed by atoms with Crippen LogP contribution in [0.4, 0.5) is 24.7 Å². The van der Waals surface area contributed by atoms with Crippen LogP contribution >= 0.6 is 23.2 Å². The van der Waals surface area contributed by atoms with Crippen LogP contribution in [0.1, 0.15) is 34.6 Å². The van der Waals surface area contributed by atoms with Crippen LogP contribution in [0.25, 0.3) is 0 Å². The van der Waals surface area contributed by atoms with Crippen LogP contribution in [0, 0.1) is 0 Å². The molecule has 0 unspecified atom stereocenters. The van der Waals surface area contributed by atoms with Gasteiger partial charge in [-0.25, -0.2) is 4.68 Å². The SMILES string of the molecule is O=C(c1cc2n(n1)[C@H](C(F)(F)F)C[C@@H](c1ccc(Cl)cc1)N2)N1CCN(c2cccc(Cl)c2)CC1. The number of fused-ring (bicyclic) bond motifs is 1. The number of rotatable bonds is 3. The number of benzene rings is 2. The lowest BCUT2D eigenvalue weighted by Crippen LogP contribution is -2.49. The second-order valence-electron chi connectivity index (χ2n) is 8.66. The largest absolute Gasteiger partial charge is 0.410 e. The molecule has 0 aliphatic carbocycles. The molecule has 1 N–H and O–H groups in total. The Labute approximate surface area is 210 Å². The summed E-state index contributed by atoms with van der Waals surface area (Å²) >= 11 is 12.0. The molecular formula is C24H22Cl2F3N5O. The summed E-state index contributed by atoms with van der Waals surface area (Å²) in [5.74, 6) is -0.220. The normalized spacial score (nSPS) is 20.4. The van der Waals surface area contributed by atoms with Gasteiger partial charge in [0.15, 0.2) is 11.7 Å². The van der Waals surface area contributed by atoms with Crippen molar-refractivity contribution in [1.29, 1.82) is 0 Å². The van der Waals surface area contributed by atoms with Gasteiger partial charge >= 0.3 is 6.18 Å². The van der Waals surface area contributed by atoms with Crippen LogP contribution in [0.15, 0.2) is 54.6 Å². The molecule has 0 radical (unpaired) electrons. The monoisotopic (exact) mass is 523 g/mol. The number of amides is 1. The molecule has 35 heavy (non-hydrogen) atoms. The fourth-order valence-corrected chi connectivity index (χ4v) is 4.90. The number of nitrogens with one attached hydrogen (secondary N) is 1. The van der Waals surface area contributed by atoms with E-state index in [0.29, 0.717) is 41.8 Å². The third-order valence-electron chi connectivity index (χ3n) is 6.42. The highest BCUT2D eigenvalue weighted by molar-refractivity contribution is 6.31. The van der Waals surface area contributed by atoms with Crippen LogP contribution in [-0.4, -0.2) is 52.9 Å². The van der Waals surface area contributed by atoms with Gasteiger partial charge in [-0.2, -0.15) is 18.3 Å². The molecule has 1 aromatic heterocycles. The van der Waals surface area contributed by atoms with Crippen LogP contribution < -0.4 is 10.2 Å². The van der Waals surface area contributed by atoms with Gasteiger partial charge in [0, 0.05) is 54.4 Å². The molecule has 6 nitrogen and oxygen atoms in total. The van der Waals surface area contributed by atoms with Crippen LogP contribution in [0.5, 0.6) is 0 Å². The molecule has 1 amide bonds. The molecular weight excluding hydrogens is 502 g/mol. The van der Waals surface area contributed by atoms with Crippen molar-refractivity contribution in [1.82, 2.24) is 14.7 Å². The third-order valence-corrected chi connectivity index (χ3v) is 6.91. The zero-order valence-corrected chi connectivity index (χ0v) is 20.0. The Hall–Kier alpha value is -2.91. The molecule has 11 heteroatoms. The first-order valence-corrected chi connectivity index (χ1v) is 11.9. The summed E-state index contributed by atoms with van der Waals surface area (Å²) in [6.45, 7) is 2.03. The minimum atomic E-state index is -4.52. The maximum Gasteiger partial charge on any atom is 0.410 e. The van der Waals surface area contributed by atoms with Crippen molar-refractivity contribution in [2.24, 2.45) is 0 Å². The average molecular weight is 524 g/mol. The number of aromatic nitrogens is 2. The highest BCUT2D eigenvalue weighted by atomic mass is 35.5. The number of hydrogen-bond acceptors (Lipinski definition) is 4. The number of hydrogen-bond donors (Lipinski definition) is 1. The predicted molar refractivity (Wildman–Crippen MR) is 129 cm³/mol.